The zero-order valence-electron chi connectivity index (χ0n) is 8.54. The van der Waals surface area contributed by atoms with Gasteiger partial charge in [-0.1, -0.05) is 6.92 Å². The molecule has 4 heteroatoms. The minimum atomic E-state index is 0. The molecule has 0 aliphatic rings. The Labute approximate surface area is 98.1 Å². The van der Waals surface area contributed by atoms with Crippen molar-refractivity contribution in [2.24, 2.45) is 0 Å². The third-order valence-electron chi connectivity index (χ3n) is 1.85. The molecule has 14 heavy (non-hydrogen) atoms. The second-order valence-corrected chi connectivity index (χ2v) is 3.00. The first-order chi connectivity index (χ1) is 5.74. The van der Waals surface area contributed by atoms with Crippen LogP contribution in [0.1, 0.15) is 18.9 Å². The van der Waals surface area contributed by atoms with Crippen LogP contribution in [0.2, 0.25) is 0 Å². The molecule has 0 heterocycles. The van der Waals surface area contributed by atoms with Gasteiger partial charge in [-0.15, -0.1) is 24.8 Å². The van der Waals surface area contributed by atoms with Crippen LogP contribution in [0.4, 0.5) is 11.4 Å². The number of rotatable bonds is 3. The summed E-state index contributed by atoms with van der Waals surface area (Å²) >= 11 is 0. The van der Waals surface area contributed by atoms with E-state index in [1.165, 1.54) is 0 Å². The first-order valence-electron chi connectivity index (χ1n) is 4.34. The number of hydrogen-bond acceptors (Lipinski definition) is 2. The van der Waals surface area contributed by atoms with Crippen molar-refractivity contribution in [1.29, 1.82) is 0 Å². The summed E-state index contributed by atoms with van der Waals surface area (Å²) in [6.07, 6.45) is 1.14. The maximum atomic E-state index is 5.69. The lowest BCUT2D eigenvalue weighted by Gasteiger charge is -2.06. The van der Waals surface area contributed by atoms with E-state index in [-0.39, 0.29) is 24.8 Å². The van der Waals surface area contributed by atoms with Crippen LogP contribution >= 0.6 is 24.8 Å². The van der Waals surface area contributed by atoms with Crippen LogP contribution in [0.3, 0.4) is 0 Å². The molecule has 1 aromatic rings. The summed E-state index contributed by atoms with van der Waals surface area (Å²) in [5, 5.41) is 3.31. The van der Waals surface area contributed by atoms with Gasteiger partial charge in [-0.2, -0.15) is 0 Å². The minimum absolute atomic E-state index is 0. The van der Waals surface area contributed by atoms with Crippen LogP contribution in [0.25, 0.3) is 0 Å². The van der Waals surface area contributed by atoms with Crippen LogP contribution in [-0.2, 0) is 0 Å². The Morgan fingerprint density at radius 3 is 2.43 bits per heavy atom. The van der Waals surface area contributed by atoms with E-state index in [0.717, 1.165) is 29.9 Å². The molecular formula is C10H18Cl2N2. The molecule has 0 saturated heterocycles. The van der Waals surface area contributed by atoms with E-state index in [9.17, 15) is 0 Å². The summed E-state index contributed by atoms with van der Waals surface area (Å²) in [4.78, 5) is 0. The van der Waals surface area contributed by atoms with Crippen molar-refractivity contribution in [3.8, 4) is 0 Å². The molecule has 0 aromatic heterocycles. The Kier molecular flexibility index (Phi) is 8.80. The van der Waals surface area contributed by atoms with Gasteiger partial charge >= 0.3 is 0 Å². The van der Waals surface area contributed by atoms with Gasteiger partial charge in [-0.25, -0.2) is 0 Å². The average molecular weight is 237 g/mol. The topological polar surface area (TPSA) is 38.0 Å². The average Bonchev–Trinajstić information content (AvgIpc) is 2.07. The molecule has 0 aliphatic carbocycles. The Hall–Kier alpha value is -0.600. The zero-order chi connectivity index (χ0) is 8.97. The molecule has 0 saturated carbocycles. The Morgan fingerprint density at radius 1 is 1.29 bits per heavy atom. The smallest absolute Gasteiger partial charge is 0.0345 e. The number of hydrogen-bond donors (Lipinski definition) is 2. The lowest BCUT2D eigenvalue weighted by molar-refractivity contribution is 0.979. The van der Waals surface area contributed by atoms with Crippen LogP contribution in [0, 0.1) is 6.92 Å². The van der Waals surface area contributed by atoms with Crippen molar-refractivity contribution in [2.75, 3.05) is 17.6 Å². The fraction of sp³-hybridized carbons (Fsp3) is 0.400. The second-order valence-electron chi connectivity index (χ2n) is 3.00. The van der Waals surface area contributed by atoms with E-state index in [1.54, 1.807) is 0 Å². The maximum absolute atomic E-state index is 5.69. The summed E-state index contributed by atoms with van der Waals surface area (Å²) in [6.45, 7) is 5.19. The van der Waals surface area contributed by atoms with Crippen molar-refractivity contribution in [1.82, 2.24) is 0 Å². The molecule has 0 fully saturated rings. The molecule has 3 N–H and O–H groups in total. The highest BCUT2D eigenvalue weighted by atomic mass is 35.5. The van der Waals surface area contributed by atoms with Gasteiger partial charge in [0.1, 0.15) is 0 Å². The molecule has 0 atom stereocenters. The number of aryl methyl sites for hydroxylation is 1. The quantitative estimate of drug-likeness (QED) is 0.792. The van der Waals surface area contributed by atoms with Crippen molar-refractivity contribution in [2.45, 2.75) is 20.3 Å². The van der Waals surface area contributed by atoms with Gasteiger partial charge in [-0.05, 0) is 37.1 Å². The van der Waals surface area contributed by atoms with E-state index in [2.05, 4.69) is 18.3 Å². The monoisotopic (exact) mass is 236 g/mol. The van der Waals surface area contributed by atoms with E-state index >= 15 is 0 Å². The lowest BCUT2D eigenvalue weighted by atomic mass is 10.2. The molecule has 0 amide bonds. The molecule has 0 spiro atoms. The van der Waals surface area contributed by atoms with Gasteiger partial charge in [0.2, 0.25) is 0 Å². The van der Waals surface area contributed by atoms with Gasteiger partial charge in [-0.3, -0.25) is 0 Å². The predicted molar refractivity (Wildman–Crippen MR) is 68.9 cm³/mol. The number of nitrogens with one attached hydrogen (secondary N) is 1. The third kappa shape index (κ3) is 4.58. The second kappa shape index (κ2) is 7.77. The van der Waals surface area contributed by atoms with E-state index in [0.29, 0.717) is 0 Å². The Balaban J connectivity index is 0. The first-order valence-corrected chi connectivity index (χ1v) is 4.34. The largest absolute Gasteiger partial charge is 0.399 e. The minimum Gasteiger partial charge on any atom is -0.399 e. The molecule has 0 radical (unpaired) electrons. The summed E-state index contributed by atoms with van der Waals surface area (Å²) in [7, 11) is 0. The number of nitrogen functional groups attached to an aromatic ring is 1. The number of benzene rings is 1. The summed E-state index contributed by atoms with van der Waals surface area (Å²) < 4.78 is 0. The number of anilines is 2. The van der Waals surface area contributed by atoms with Crippen LogP contribution in [0.15, 0.2) is 18.2 Å². The van der Waals surface area contributed by atoms with Crippen molar-refractivity contribution >= 4 is 36.2 Å². The lowest BCUT2D eigenvalue weighted by Crippen LogP contribution is -2.00. The van der Waals surface area contributed by atoms with E-state index in [1.807, 2.05) is 19.1 Å². The normalized spacial score (nSPS) is 8.43. The zero-order valence-corrected chi connectivity index (χ0v) is 10.2. The van der Waals surface area contributed by atoms with Gasteiger partial charge < -0.3 is 11.1 Å². The van der Waals surface area contributed by atoms with Crippen molar-refractivity contribution in [3.63, 3.8) is 0 Å². The maximum Gasteiger partial charge on any atom is 0.0345 e. The highest BCUT2D eigenvalue weighted by Crippen LogP contribution is 2.16. The predicted octanol–water partition coefficient (Wildman–Crippen LogP) is 3.24. The summed E-state index contributed by atoms with van der Waals surface area (Å²) in [5.41, 5.74) is 8.84. The molecule has 0 unspecified atom stereocenters. The SMILES string of the molecule is CCCNc1ccc(N)c(C)c1.Cl.Cl. The van der Waals surface area contributed by atoms with Crippen LogP contribution in [0.5, 0.6) is 0 Å². The molecular weight excluding hydrogens is 219 g/mol. The third-order valence-corrected chi connectivity index (χ3v) is 1.85. The van der Waals surface area contributed by atoms with Crippen LogP contribution in [-0.4, -0.2) is 6.54 Å². The van der Waals surface area contributed by atoms with Gasteiger partial charge in [0.05, 0.1) is 0 Å². The summed E-state index contributed by atoms with van der Waals surface area (Å²) in [5.74, 6) is 0. The van der Waals surface area contributed by atoms with E-state index in [4.69, 9.17) is 5.73 Å². The van der Waals surface area contributed by atoms with Crippen molar-refractivity contribution in [3.05, 3.63) is 23.8 Å². The summed E-state index contributed by atoms with van der Waals surface area (Å²) in [6, 6.07) is 6.02. The standard InChI is InChI=1S/C10H16N2.2ClH/c1-3-6-12-9-4-5-10(11)8(2)7-9;;/h4-5,7,12H,3,6,11H2,1-2H3;2*1H. The number of halogens is 2. The van der Waals surface area contributed by atoms with Gasteiger partial charge in [0, 0.05) is 17.9 Å². The molecule has 2 nitrogen and oxygen atoms in total. The molecule has 1 aromatic carbocycles. The van der Waals surface area contributed by atoms with Crippen molar-refractivity contribution < 1.29 is 0 Å². The van der Waals surface area contributed by atoms with E-state index < -0.39 is 0 Å². The Bertz CT molecular complexity index is 264. The van der Waals surface area contributed by atoms with Gasteiger partial charge in [0.25, 0.3) is 0 Å². The first kappa shape index (κ1) is 15.9. The number of nitrogens with two attached hydrogens (primary N) is 1. The van der Waals surface area contributed by atoms with Crippen LogP contribution < -0.4 is 11.1 Å². The molecule has 0 aliphatic heterocycles. The molecule has 1 rings (SSSR count). The fourth-order valence-corrected chi connectivity index (χ4v) is 1.05. The molecule has 82 valence electrons. The Morgan fingerprint density at radius 2 is 1.93 bits per heavy atom. The highest BCUT2D eigenvalue weighted by Gasteiger charge is 1.94. The van der Waals surface area contributed by atoms with Gasteiger partial charge in [0.15, 0.2) is 0 Å². The molecule has 0 bridgehead atoms. The fourth-order valence-electron chi connectivity index (χ4n) is 1.05. The highest BCUT2D eigenvalue weighted by molar-refractivity contribution is 5.85.